The number of hydrogen-bond donors (Lipinski definition) is 2. The van der Waals surface area contributed by atoms with E-state index >= 15 is 0 Å². The van der Waals surface area contributed by atoms with Gasteiger partial charge in [0, 0.05) is 15.1 Å². The second-order valence-electron chi connectivity index (χ2n) is 4.09. The van der Waals surface area contributed by atoms with Crippen LogP contribution in [0.2, 0.25) is 0 Å². The Morgan fingerprint density at radius 1 is 1.20 bits per heavy atom. The summed E-state index contributed by atoms with van der Waals surface area (Å²) < 4.78 is 12.8. The van der Waals surface area contributed by atoms with Gasteiger partial charge in [-0.2, -0.15) is 0 Å². The molecule has 0 radical (unpaired) electrons. The van der Waals surface area contributed by atoms with Crippen molar-refractivity contribution in [3.05, 3.63) is 53.0 Å². The van der Waals surface area contributed by atoms with Gasteiger partial charge in [0.05, 0.1) is 16.5 Å². The van der Waals surface area contributed by atoms with Gasteiger partial charge < -0.3 is 11.1 Å². The van der Waals surface area contributed by atoms with Crippen molar-refractivity contribution in [1.29, 1.82) is 0 Å². The fourth-order valence-electron chi connectivity index (χ4n) is 1.61. The number of nitrogen functional groups attached to an aromatic ring is 1. The molecule has 1 amide bonds. The molecular weight excluding hydrogens is 340 g/mol. The van der Waals surface area contributed by atoms with Gasteiger partial charge in [-0.15, -0.1) is 0 Å². The second-order valence-corrected chi connectivity index (χ2v) is 6.40. The average molecular weight is 353 g/mol. The molecule has 1 unspecified atom stereocenters. The number of amides is 1. The van der Waals surface area contributed by atoms with Crippen LogP contribution in [0.25, 0.3) is 0 Å². The number of carbonyl (C=O) groups is 1. The SMILES string of the molecule is Nc1cccc(S(=O)CC(=O)Nc2ccccc2Br)c1. The lowest BCUT2D eigenvalue weighted by molar-refractivity contribution is -0.113. The zero-order valence-electron chi connectivity index (χ0n) is 10.5. The van der Waals surface area contributed by atoms with E-state index in [9.17, 15) is 9.00 Å². The van der Waals surface area contributed by atoms with Gasteiger partial charge >= 0.3 is 0 Å². The normalized spacial score (nSPS) is 11.8. The Hall–Kier alpha value is -1.66. The van der Waals surface area contributed by atoms with Gasteiger partial charge in [-0.05, 0) is 46.3 Å². The maximum atomic E-state index is 12.1. The van der Waals surface area contributed by atoms with E-state index in [4.69, 9.17) is 5.73 Å². The molecule has 6 heteroatoms. The van der Waals surface area contributed by atoms with Crippen molar-refractivity contribution in [2.45, 2.75) is 4.90 Å². The fourth-order valence-corrected chi connectivity index (χ4v) is 2.97. The number of carbonyl (C=O) groups excluding carboxylic acids is 1. The van der Waals surface area contributed by atoms with E-state index < -0.39 is 10.8 Å². The fraction of sp³-hybridized carbons (Fsp3) is 0.0714. The Bertz CT molecular complexity index is 661. The molecule has 4 nitrogen and oxygen atoms in total. The number of hydrogen-bond acceptors (Lipinski definition) is 3. The zero-order chi connectivity index (χ0) is 14.5. The van der Waals surface area contributed by atoms with Crippen LogP contribution in [0.3, 0.4) is 0 Å². The van der Waals surface area contributed by atoms with Gasteiger partial charge in [0.25, 0.3) is 0 Å². The smallest absolute Gasteiger partial charge is 0.237 e. The minimum atomic E-state index is -1.41. The van der Waals surface area contributed by atoms with Gasteiger partial charge in [-0.1, -0.05) is 18.2 Å². The molecule has 0 aliphatic rings. The van der Waals surface area contributed by atoms with Gasteiger partial charge in [-0.25, -0.2) is 0 Å². The maximum absolute atomic E-state index is 12.1. The third-order valence-electron chi connectivity index (χ3n) is 2.53. The van der Waals surface area contributed by atoms with Crippen molar-refractivity contribution in [2.24, 2.45) is 0 Å². The molecule has 0 saturated heterocycles. The summed E-state index contributed by atoms with van der Waals surface area (Å²) in [6.07, 6.45) is 0. The van der Waals surface area contributed by atoms with Crippen LogP contribution in [0.4, 0.5) is 11.4 Å². The molecule has 104 valence electrons. The van der Waals surface area contributed by atoms with Crippen molar-refractivity contribution >= 4 is 44.0 Å². The van der Waals surface area contributed by atoms with Crippen LogP contribution in [-0.2, 0) is 15.6 Å². The molecule has 0 aliphatic carbocycles. The zero-order valence-corrected chi connectivity index (χ0v) is 12.9. The Labute approximate surface area is 128 Å². The summed E-state index contributed by atoms with van der Waals surface area (Å²) in [6.45, 7) is 0. The molecule has 0 aliphatic heterocycles. The van der Waals surface area contributed by atoms with Crippen LogP contribution < -0.4 is 11.1 Å². The highest BCUT2D eigenvalue weighted by molar-refractivity contribution is 9.10. The third kappa shape index (κ3) is 3.91. The summed E-state index contributed by atoms with van der Waals surface area (Å²) in [5.74, 6) is -0.414. The third-order valence-corrected chi connectivity index (χ3v) is 4.53. The van der Waals surface area contributed by atoms with Gasteiger partial charge in [0.15, 0.2) is 0 Å². The van der Waals surface area contributed by atoms with E-state index in [1.165, 1.54) is 0 Å². The highest BCUT2D eigenvalue weighted by Gasteiger charge is 2.11. The van der Waals surface area contributed by atoms with E-state index in [0.29, 0.717) is 16.3 Å². The summed E-state index contributed by atoms with van der Waals surface area (Å²) in [4.78, 5) is 12.4. The molecule has 2 aromatic rings. The molecule has 20 heavy (non-hydrogen) atoms. The number of para-hydroxylation sites is 1. The number of benzene rings is 2. The van der Waals surface area contributed by atoms with Crippen LogP contribution in [0.15, 0.2) is 57.9 Å². The van der Waals surface area contributed by atoms with Crippen molar-refractivity contribution in [2.75, 3.05) is 16.8 Å². The molecule has 0 saturated carbocycles. The van der Waals surface area contributed by atoms with Crippen molar-refractivity contribution < 1.29 is 9.00 Å². The van der Waals surface area contributed by atoms with Crippen LogP contribution in [-0.4, -0.2) is 15.9 Å². The second kappa shape index (κ2) is 6.67. The topological polar surface area (TPSA) is 72.2 Å². The Morgan fingerprint density at radius 3 is 2.65 bits per heavy atom. The average Bonchev–Trinajstić information content (AvgIpc) is 2.41. The van der Waals surface area contributed by atoms with E-state index in [-0.39, 0.29) is 11.7 Å². The van der Waals surface area contributed by atoms with Gasteiger partial charge in [0.2, 0.25) is 5.91 Å². The molecule has 1 atom stereocenters. The molecular formula is C14H13BrN2O2S. The minimum Gasteiger partial charge on any atom is -0.399 e. The number of halogens is 1. The predicted octanol–water partition coefficient (Wildman–Crippen LogP) is 2.78. The van der Waals surface area contributed by atoms with Crippen LogP contribution in [0.1, 0.15) is 0 Å². The molecule has 0 heterocycles. The summed E-state index contributed by atoms with van der Waals surface area (Å²) in [5, 5.41) is 2.72. The monoisotopic (exact) mass is 352 g/mol. The van der Waals surface area contributed by atoms with Crippen molar-refractivity contribution in [3.63, 3.8) is 0 Å². The summed E-state index contributed by atoms with van der Waals surface area (Å²) in [5.41, 5.74) is 6.81. The van der Waals surface area contributed by atoms with E-state index in [2.05, 4.69) is 21.2 Å². The molecule has 0 spiro atoms. The quantitative estimate of drug-likeness (QED) is 0.831. The first-order chi connectivity index (χ1) is 9.56. The molecule has 0 aromatic heterocycles. The van der Waals surface area contributed by atoms with E-state index in [1.807, 2.05) is 18.2 Å². The van der Waals surface area contributed by atoms with Gasteiger partial charge in [-0.3, -0.25) is 9.00 Å². The Kier molecular flexibility index (Phi) is 4.92. The number of anilines is 2. The minimum absolute atomic E-state index is 0.106. The molecule has 2 rings (SSSR count). The van der Waals surface area contributed by atoms with Crippen molar-refractivity contribution in [3.8, 4) is 0 Å². The standard InChI is InChI=1S/C14H13BrN2O2S/c15-12-6-1-2-7-13(12)17-14(18)9-20(19)11-5-3-4-10(16)8-11/h1-8H,9,16H2,(H,17,18). The summed E-state index contributed by atoms with van der Waals surface area (Å²) in [7, 11) is -1.41. The molecule has 3 N–H and O–H groups in total. The maximum Gasteiger partial charge on any atom is 0.237 e. The Morgan fingerprint density at radius 2 is 1.95 bits per heavy atom. The first-order valence-corrected chi connectivity index (χ1v) is 7.96. The summed E-state index contributed by atoms with van der Waals surface area (Å²) >= 11 is 3.34. The predicted molar refractivity (Wildman–Crippen MR) is 84.9 cm³/mol. The summed E-state index contributed by atoms with van der Waals surface area (Å²) in [6, 6.07) is 14.0. The molecule has 0 fully saturated rings. The van der Waals surface area contributed by atoms with Crippen molar-refractivity contribution in [1.82, 2.24) is 0 Å². The lowest BCUT2D eigenvalue weighted by Gasteiger charge is -2.07. The number of rotatable bonds is 4. The van der Waals surface area contributed by atoms with Crippen LogP contribution in [0.5, 0.6) is 0 Å². The first-order valence-electron chi connectivity index (χ1n) is 5.84. The first kappa shape index (κ1) is 14.7. The van der Waals surface area contributed by atoms with E-state index in [1.54, 1.807) is 30.3 Å². The number of nitrogens with two attached hydrogens (primary N) is 1. The number of nitrogens with one attached hydrogen (secondary N) is 1. The lowest BCUT2D eigenvalue weighted by atomic mass is 10.3. The molecule has 0 bridgehead atoms. The van der Waals surface area contributed by atoms with Gasteiger partial charge in [0.1, 0.15) is 5.75 Å². The lowest BCUT2D eigenvalue weighted by Crippen LogP contribution is -2.19. The largest absolute Gasteiger partial charge is 0.399 e. The Balaban J connectivity index is 2.02. The van der Waals surface area contributed by atoms with Crippen LogP contribution in [0, 0.1) is 0 Å². The highest BCUT2D eigenvalue weighted by Crippen LogP contribution is 2.21. The van der Waals surface area contributed by atoms with Crippen LogP contribution >= 0.6 is 15.9 Å². The molecule has 2 aromatic carbocycles. The highest BCUT2D eigenvalue weighted by atomic mass is 79.9. The van der Waals surface area contributed by atoms with E-state index in [0.717, 1.165) is 4.47 Å².